The first-order valence-electron chi connectivity index (χ1n) is 6.53. The van der Waals surface area contributed by atoms with Crippen LogP contribution in [0, 0.1) is 12.3 Å². The van der Waals surface area contributed by atoms with Crippen LogP contribution >= 0.6 is 24.8 Å². The summed E-state index contributed by atoms with van der Waals surface area (Å²) in [6.45, 7) is 2.67. The molecule has 1 heterocycles. The van der Waals surface area contributed by atoms with Gasteiger partial charge in [-0.25, -0.2) is 13.1 Å². The van der Waals surface area contributed by atoms with Gasteiger partial charge < -0.3 is 5.32 Å². The highest BCUT2D eigenvalue weighted by Crippen LogP contribution is 2.18. The van der Waals surface area contributed by atoms with Crippen molar-refractivity contribution in [3.8, 4) is 12.3 Å². The van der Waals surface area contributed by atoms with Gasteiger partial charge in [-0.3, -0.25) is 4.98 Å². The van der Waals surface area contributed by atoms with Gasteiger partial charge in [-0.1, -0.05) is 12.0 Å². The van der Waals surface area contributed by atoms with Crippen molar-refractivity contribution in [2.75, 3.05) is 13.1 Å². The summed E-state index contributed by atoms with van der Waals surface area (Å²) >= 11 is 0. The number of benzene rings is 1. The van der Waals surface area contributed by atoms with Crippen LogP contribution in [0.5, 0.6) is 0 Å². The number of aromatic nitrogens is 1. The average Bonchev–Trinajstić information content (AvgIpc) is 2.46. The molecule has 8 heteroatoms. The Balaban J connectivity index is 0.00000242. The first-order chi connectivity index (χ1) is 10.0. The van der Waals surface area contributed by atoms with E-state index in [0.29, 0.717) is 13.1 Å². The summed E-state index contributed by atoms with van der Waals surface area (Å²) in [5.74, 6) is 2.44. The topological polar surface area (TPSA) is 71.1 Å². The lowest BCUT2D eigenvalue weighted by molar-refractivity contribution is 0.546. The maximum Gasteiger partial charge on any atom is 0.240 e. The normalized spacial score (nSPS) is 11.8. The zero-order valence-corrected chi connectivity index (χ0v) is 15.0. The van der Waals surface area contributed by atoms with Crippen LogP contribution < -0.4 is 10.0 Å². The molecule has 23 heavy (non-hydrogen) atoms. The van der Waals surface area contributed by atoms with E-state index in [0.717, 1.165) is 10.8 Å². The molecule has 0 saturated heterocycles. The quantitative estimate of drug-likeness (QED) is 0.597. The van der Waals surface area contributed by atoms with Crippen molar-refractivity contribution in [2.45, 2.75) is 17.9 Å². The first kappa shape index (κ1) is 21.6. The number of halogens is 2. The Hall–Kier alpha value is -1.36. The molecule has 0 amide bonds. The molecule has 1 aromatic carbocycles. The predicted molar refractivity (Wildman–Crippen MR) is 97.7 cm³/mol. The maximum absolute atomic E-state index is 12.3. The molecule has 0 aliphatic heterocycles. The molecule has 126 valence electrons. The molecule has 0 fully saturated rings. The first-order valence-corrected chi connectivity index (χ1v) is 8.01. The van der Waals surface area contributed by atoms with E-state index in [1.807, 2.05) is 0 Å². The van der Waals surface area contributed by atoms with E-state index in [4.69, 9.17) is 6.42 Å². The summed E-state index contributed by atoms with van der Waals surface area (Å²) < 4.78 is 27.3. The molecule has 0 aliphatic rings. The van der Waals surface area contributed by atoms with E-state index in [2.05, 4.69) is 20.9 Å². The van der Waals surface area contributed by atoms with Crippen molar-refractivity contribution in [3.63, 3.8) is 0 Å². The minimum absolute atomic E-state index is 0. The van der Waals surface area contributed by atoms with Crippen molar-refractivity contribution >= 4 is 45.6 Å². The molecule has 0 saturated carbocycles. The Kier molecular flexibility index (Phi) is 9.13. The predicted octanol–water partition coefficient (Wildman–Crippen LogP) is 1.97. The Bertz CT molecular complexity index is 776. The van der Waals surface area contributed by atoms with Gasteiger partial charge in [0.2, 0.25) is 10.0 Å². The average molecular weight is 376 g/mol. The molecule has 1 aromatic heterocycles. The van der Waals surface area contributed by atoms with Crippen molar-refractivity contribution < 1.29 is 8.42 Å². The number of hydrogen-bond donors (Lipinski definition) is 2. The van der Waals surface area contributed by atoms with Crippen molar-refractivity contribution in [1.29, 1.82) is 0 Å². The number of rotatable bonds is 6. The number of sulfonamides is 1. The summed E-state index contributed by atoms with van der Waals surface area (Å²) in [5.41, 5.74) is 0. The lowest BCUT2D eigenvalue weighted by Crippen LogP contribution is -2.40. The lowest BCUT2D eigenvalue weighted by Gasteiger charge is -2.14. The standard InChI is InChI=1S/C15H17N3O2S.2ClH/c1-3-7-16-10-12(2)18-21(19,20)15-5-4-14-11-17-8-6-13(14)9-15;;/h1,4-6,8-9,11-12,16,18H,7,10H2,2H3;2*1H. The summed E-state index contributed by atoms with van der Waals surface area (Å²) in [6, 6.07) is 6.50. The highest BCUT2D eigenvalue weighted by Gasteiger charge is 2.17. The Labute approximate surface area is 149 Å². The SMILES string of the molecule is C#CCNCC(C)NS(=O)(=O)c1ccc2cnccc2c1.Cl.Cl. The van der Waals surface area contributed by atoms with Crippen LogP contribution in [0.2, 0.25) is 0 Å². The molecule has 2 N–H and O–H groups in total. The second kappa shape index (κ2) is 9.71. The van der Waals surface area contributed by atoms with Gasteiger partial charge in [-0.2, -0.15) is 0 Å². The molecule has 1 unspecified atom stereocenters. The van der Waals surface area contributed by atoms with E-state index < -0.39 is 10.0 Å². The number of nitrogens with one attached hydrogen (secondary N) is 2. The van der Waals surface area contributed by atoms with Crippen molar-refractivity contribution in [3.05, 3.63) is 36.7 Å². The van der Waals surface area contributed by atoms with E-state index >= 15 is 0 Å². The minimum Gasteiger partial charge on any atom is -0.305 e. The summed E-state index contributed by atoms with van der Waals surface area (Å²) in [4.78, 5) is 4.25. The second-order valence-electron chi connectivity index (χ2n) is 4.74. The van der Waals surface area contributed by atoms with Crippen LogP contribution in [0.15, 0.2) is 41.6 Å². The molecular weight excluding hydrogens is 357 g/mol. The Morgan fingerprint density at radius 2 is 2.00 bits per heavy atom. The maximum atomic E-state index is 12.3. The van der Waals surface area contributed by atoms with E-state index in [1.165, 1.54) is 0 Å². The third-order valence-electron chi connectivity index (χ3n) is 2.96. The molecule has 2 aromatic rings. The van der Waals surface area contributed by atoms with Crippen LogP contribution in [-0.4, -0.2) is 32.5 Å². The molecule has 0 radical (unpaired) electrons. The van der Waals surface area contributed by atoms with Gasteiger partial charge >= 0.3 is 0 Å². The fraction of sp³-hybridized carbons (Fsp3) is 0.267. The summed E-state index contributed by atoms with van der Waals surface area (Å²) in [6.07, 6.45) is 8.47. The highest BCUT2D eigenvalue weighted by molar-refractivity contribution is 7.89. The van der Waals surface area contributed by atoms with Gasteiger partial charge in [0.25, 0.3) is 0 Å². The molecule has 0 aliphatic carbocycles. The van der Waals surface area contributed by atoms with Gasteiger partial charge in [0.05, 0.1) is 11.4 Å². The van der Waals surface area contributed by atoms with Gasteiger partial charge in [-0.05, 0) is 30.5 Å². The van der Waals surface area contributed by atoms with Crippen LogP contribution in [0.1, 0.15) is 6.92 Å². The van der Waals surface area contributed by atoms with E-state index in [-0.39, 0.29) is 35.8 Å². The number of fused-ring (bicyclic) bond motifs is 1. The molecule has 5 nitrogen and oxygen atoms in total. The van der Waals surface area contributed by atoms with Gasteiger partial charge in [0.15, 0.2) is 0 Å². The second-order valence-corrected chi connectivity index (χ2v) is 6.46. The Morgan fingerprint density at radius 3 is 2.70 bits per heavy atom. The number of nitrogens with zero attached hydrogens (tertiary/aromatic N) is 1. The van der Waals surface area contributed by atoms with Crippen LogP contribution in [0.3, 0.4) is 0 Å². The van der Waals surface area contributed by atoms with Crippen LogP contribution in [0.25, 0.3) is 10.8 Å². The fourth-order valence-electron chi connectivity index (χ4n) is 1.96. The number of hydrogen-bond acceptors (Lipinski definition) is 4. The zero-order valence-electron chi connectivity index (χ0n) is 12.5. The lowest BCUT2D eigenvalue weighted by atomic mass is 10.2. The largest absolute Gasteiger partial charge is 0.305 e. The monoisotopic (exact) mass is 375 g/mol. The molecular formula is C15H19Cl2N3O2S. The molecule has 1 atom stereocenters. The smallest absolute Gasteiger partial charge is 0.240 e. The highest BCUT2D eigenvalue weighted by atomic mass is 35.5. The number of terminal acetylenes is 1. The zero-order chi connectivity index (χ0) is 15.3. The summed E-state index contributed by atoms with van der Waals surface area (Å²) in [5, 5.41) is 4.71. The summed E-state index contributed by atoms with van der Waals surface area (Å²) in [7, 11) is -3.55. The Morgan fingerprint density at radius 1 is 1.26 bits per heavy atom. The van der Waals surface area contributed by atoms with Gasteiger partial charge in [-0.15, -0.1) is 31.2 Å². The van der Waals surface area contributed by atoms with Crippen LogP contribution in [0.4, 0.5) is 0 Å². The number of pyridine rings is 1. The van der Waals surface area contributed by atoms with Gasteiger partial charge in [0, 0.05) is 30.4 Å². The van der Waals surface area contributed by atoms with E-state index in [9.17, 15) is 8.42 Å². The third kappa shape index (κ3) is 5.98. The van der Waals surface area contributed by atoms with Gasteiger partial charge in [0.1, 0.15) is 0 Å². The molecule has 0 spiro atoms. The van der Waals surface area contributed by atoms with Crippen LogP contribution in [-0.2, 0) is 10.0 Å². The molecule has 2 rings (SSSR count). The third-order valence-corrected chi connectivity index (χ3v) is 4.54. The minimum atomic E-state index is -3.55. The van der Waals surface area contributed by atoms with E-state index in [1.54, 1.807) is 43.6 Å². The fourth-order valence-corrected chi connectivity index (χ4v) is 3.24. The molecule has 0 bridgehead atoms. The van der Waals surface area contributed by atoms with Crippen molar-refractivity contribution in [2.24, 2.45) is 0 Å². The van der Waals surface area contributed by atoms with Crippen molar-refractivity contribution in [1.82, 2.24) is 15.0 Å².